The number of hydrazone groups is 1. The summed E-state index contributed by atoms with van der Waals surface area (Å²) < 4.78 is 14.7. The Bertz CT molecular complexity index is 719. The first kappa shape index (κ1) is 16.1. The third-order valence-electron chi connectivity index (χ3n) is 2.57. The zero-order valence-electron chi connectivity index (χ0n) is 10.6. The highest BCUT2D eigenvalue weighted by Gasteiger charge is 2.10. The van der Waals surface area contributed by atoms with Crippen LogP contribution in [0.5, 0.6) is 0 Å². The summed E-state index contributed by atoms with van der Waals surface area (Å²) in [6, 6.07) is 12.2. The predicted molar refractivity (Wildman–Crippen MR) is 93.8 cm³/mol. The van der Waals surface area contributed by atoms with Crippen molar-refractivity contribution in [3.05, 3.63) is 68.4 Å². The molecule has 21 heavy (non-hydrogen) atoms. The van der Waals surface area contributed by atoms with Gasteiger partial charge in [0.15, 0.2) is 5.11 Å². The standard InChI is InChI=1S/C14H10Br2FN3S/c15-10-3-1-2-8(6-10)13(19-20-14(18)21)9-4-5-12(17)11(16)7-9/h1-7H,(H3,18,20,21)/b19-13-. The molecule has 7 heteroatoms. The summed E-state index contributed by atoms with van der Waals surface area (Å²) in [5.41, 5.74) is 10.2. The van der Waals surface area contributed by atoms with Gasteiger partial charge in [0.2, 0.25) is 0 Å². The normalized spacial score (nSPS) is 11.3. The van der Waals surface area contributed by atoms with Gasteiger partial charge in [-0.05, 0) is 58.5 Å². The van der Waals surface area contributed by atoms with E-state index < -0.39 is 0 Å². The second kappa shape index (κ2) is 7.11. The van der Waals surface area contributed by atoms with E-state index in [9.17, 15) is 4.39 Å². The molecule has 0 saturated heterocycles. The molecule has 0 atom stereocenters. The van der Waals surface area contributed by atoms with Gasteiger partial charge in [-0.3, -0.25) is 5.43 Å². The largest absolute Gasteiger partial charge is 0.375 e. The van der Waals surface area contributed by atoms with Gasteiger partial charge in [0.05, 0.1) is 10.2 Å². The fourth-order valence-electron chi connectivity index (χ4n) is 1.69. The summed E-state index contributed by atoms with van der Waals surface area (Å²) in [5.74, 6) is -0.338. The number of nitrogens with one attached hydrogen (secondary N) is 1. The van der Waals surface area contributed by atoms with Crippen LogP contribution in [0, 0.1) is 5.82 Å². The quantitative estimate of drug-likeness (QED) is 0.440. The van der Waals surface area contributed by atoms with Crippen LogP contribution in [0.3, 0.4) is 0 Å². The van der Waals surface area contributed by atoms with Crippen LogP contribution in [0.2, 0.25) is 0 Å². The van der Waals surface area contributed by atoms with Gasteiger partial charge in [0, 0.05) is 15.6 Å². The summed E-state index contributed by atoms with van der Waals surface area (Å²) in [7, 11) is 0. The highest BCUT2D eigenvalue weighted by Crippen LogP contribution is 2.21. The van der Waals surface area contributed by atoms with E-state index in [1.54, 1.807) is 12.1 Å². The highest BCUT2D eigenvalue weighted by atomic mass is 79.9. The fraction of sp³-hybridized carbons (Fsp3) is 0. The van der Waals surface area contributed by atoms with Crippen molar-refractivity contribution < 1.29 is 4.39 Å². The van der Waals surface area contributed by atoms with Crippen molar-refractivity contribution in [3.63, 3.8) is 0 Å². The maximum atomic E-state index is 13.4. The molecule has 0 aromatic heterocycles. The second-order valence-electron chi connectivity index (χ2n) is 4.08. The Morgan fingerprint density at radius 3 is 2.48 bits per heavy atom. The van der Waals surface area contributed by atoms with E-state index in [0.29, 0.717) is 10.2 Å². The lowest BCUT2D eigenvalue weighted by Gasteiger charge is -2.09. The molecule has 0 amide bonds. The summed E-state index contributed by atoms with van der Waals surface area (Å²) in [5, 5.41) is 4.27. The van der Waals surface area contributed by atoms with Gasteiger partial charge >= 0.3 is 0 Å². The summed E-state index contributed by atoms with van der Waals surface area (Å²) in [6.45, 7) is 0. The van der Waals surface area contributed by atoms with Crippen molar-refractivity contribution >= 4 is 54.9 Å². The van der Waals surface area contributed by atoms with E-state index in [1.165, 1.54) is 6.07 Å². The first-order valence-corrected chi connectivity index (χ1v) is 7.81. The molecule has 0 heterocycles. The first-order chi connectivity index (χ1) is 9.97. The highest BCUT2D eigenvalue weighted by molar-refractivity contribution is 9.10. The molecule has 0 aliphatic rings. The van der Waals surface area contributed by atoms with Crippen molar-refractivity contribution in [1.82, 2.24) is 5.43 Å². The number of hydrogen-bond donors (Lipinski definition) is 2. The summed E-state index contributed by atoms with van der Waals surface area (Å²) in [6.07, 6.45) is 0. The van der Waals surface area contributed by atoms with Crippen LogP contribution in [-0.2, 0) is 0 Å². The van der Waals surface area contributed by atoms with Crippen molar-refractivity contribution in [3.8, 4) is 0 Å². The fourth-order valence-corrected chi connectivity index (χ4v) is 2.51. The van der Waals surface area contributed by atoms with E-state index in [4.69, 9.17) is 18.0 Å². The second-order valence-corrected chi connectivity index (χ2v) is 6.29. The molecule has 0 radical (unpaired) electrons. The number of benzene rings is 2. The Hall–Kier alpha value is -1.31. The van der Waals surface area contributed by atoms with Gasteiger partial charge in [-0.1, -0.05) is 28.1 Å². The van der Waals surface area contributed by atoms with Crippen molar-refractivity contribution in [1.29, 1.82) is 0 Å². The van der Waals surface area contributed by atoms with Gasteiger partial charge in [0.25, 0.3) is 0 Å². The van der Waals surface area contributed by atoms with Crippen molar-refractivity contribution in [2.45, 2.75) is 0 Å². The Labute approximate surface area is 143 Å². The molecule has 0 bridgehead atoms. The third-order valence-corrected chi connectivity index (χ3v) is 3.76. The molecule has 2 aromatic rings. The average Bonchev–Trinajstić information content (AvgIpc) is 2.42. The lowest BCUT2D eigenvalue weighted by molar-refractivity contribution is 0.621. The van der Waals surface area contributed by atoms with Crippen LogP contribution < -0.4 is 11.2 Å². The maximum Gasteiger partial charge on any atom is 0.184 e. The van der Waals surface area contributed by atoms with Crippen LogP contribution in [0.15, 0.2) is 56.5 Å². The maximum absolute atomic E-state index is 13.4. The zero-order chi connectivity index (χ0) is 15.4. The number of nitrogens with zero attached hydrogens (tertiary/aromatic N) is 1. The Morgan fingerprint density at radius 2 is 1.86 bits per heavy atom. The number of thiocarbonyl (C=S) groups is 1. The van der Waals surface area contributed by atoms with Gasteiger partial charge in [-0.15, -0.1) is 0 Å². The average molecular weight is 431 g/mol. The predicted octanol–water partition coefficient (Wildman–Crippen LogP) is 3.94. The minimum atomic E-state index is -0.338. The minimum absolute atomic E-state index is 0.0590. The molecule has 0 unspecified atom stereocenters. The summed E-state index contributed by atoms with van der Waals surface area (Å²) >= 11 is 11.4. The monoisotopic (exact) mass is 429 g/mol. The minimum Gasteiger partial charge on any atom is -0.375 e. The van der Waals surface area contributed by atoms with Crippen LogP contribution in [-0.4, -0.2) is 10.8 Å². The van der Waals surface area contributed by atoms with Gasteiger partial charge in [0.1, 0.15) is 5.82 Å². The molecule has 0 spiro atoms. The van der Waals surface area contributed by atoms with Crippen LogP contribution in [0.4, 0.5) is 4.39 Å². The molecule has 0 aliphatic carbocycles. The van der Waals surface area contributed by atoms with Crippen LogP contribution in [0.25, 0.3) is 0 Å². The van der Waals surface area contributed by atoms with Crippen LogP contribution >= 0.6 is 44.1 Å². The molecule has 108 valence electrons. The lowest BCUT2D eigenvalue weighted by Crippen LogP contribution is -2.26. The number of rotatable bonds is 3. The number of halogens is 3. The van der Waals surface area contributed by atoms with Crippen molar-refractivity contribution in [2.75, 3.05) is 0 Å². The molecular weight excluding hydrogens is 421 g/mol. The van der Waals surface area contributed by atoms with E-state index in [-0.39, 0.29) is 10.9 Å². The smallest absolute Gasteiger partial charge is 0.184 e. The molecule has 3 N–H and O–H groups in total. The number of hydrogen-bond acceptors (Lipinski definition) is 2. The molecule has 0 fully saturated rings. The van der Waals surface area contributed by atoms with E-state index in [0.717, 1.165) is 15.6 Å². The molecule has 2 rings (SSSR count). The number of nitrogens with two attached hydrogens (primary N) is 1. The van der Waals surface area contributed by atoms with Crippen LogP contribution in [0.1, 0.15) is 11.1 Å². The third kappa shape index (κ3) is 4.33. The van der Waals surface area contributed by atoms with Gasteiger partial charge in [-0.25, -0.2) is 4.39 Å². The SMILES string of the molecule is NC(=S)N/N=C(/c1cccc(Br)c1)c1ccc(F)c(Br)c1. The topological polar surface area (TPSA) is 50.4 Å². The molecule has 3 nitrogen and oxygen atoms in total. The molecular formula is C14H10Br2FN3S. The van der Waals surface area contributed by atoms with E-state index in [2.05, 4.69) is 42.4 Å². The first-order valence-electron chi connectivity index (χ1n) is 5.82. The molecule has 0 aliphatic heterocycles. The molecule has 0 saturated carbocycles. The van der Waals surface area contributed by atoms with Gasteiger partial charge in [-0.2, -0.15) is 5.10 Å². The lowest BCUT2D eigenvalue weighted by atomic mass is 10.0. The van der Waals surface area contributed by atoms with E-state index in [1.807, 2.05) is 24.3 Å². The Morgan fingerprint density at radius 1 is 1.14 bits per heavy atom. The zero-order valence-corrected chi connectivity index (χ0v) is 14.6. The van der Waals surface area contributed by atoms with Crippen molar-refractivity contribution in [2.24, 2.45) is 10.8 Å². The Balaban J connectivity index is 2.52. The molecule has 2 aromatic carbocycles. The summed E-state index contributed by atoms with van der Waals surface area (Å²) in [4.78, 5) is 0. The Kier molecular flexibility index (Phi) is 5.44. The van der Waals surface area contributed by atoms with E-state index >= 15 is 0 Å². The van der Waals surface area contributed by atoms with Gasteiger partial charge < -0.3 is 5.73 Å².